The van der Waals surface area contributed by atoms with Gasteiger partial charge in [0, 0.05) is 18.1 Å². The molecule has 0 radical (unpaired) electrons. The van der Waals surface area contributed by atoms with E-state index in [-0.39, 0.29) is 36.3 Å². The maximum Gasteiger partial charge on any atom is 0.191 e. The van der Waals surface area contributed by atoms with E-state index in [1.54, 1.807) is 36.4 Å². The number of hydrogen-bond donors (Lipinski definition) is 3. The van der Waals surface area contributed by atoms with Crippen molar-refractivity contribution < 1.29 is 9.50 Å². The lowest BCUT2D eigenvalue weighted by molar-refractivity contribution is 0.187. The van der Waals surface area contributed by atoms with Crippen molar-refractivity contribution in [2.24, 2.45) is 4.99 Å². The number of benzene rings is 2. The first-order chi connectivity index (χ1) is 12.1. The van der Waals surface area contributed by atoms with Crippen LogP contribution in [0.25, 0.3) is 0 Å². The van der Waals surface area contributed by atoms with E-state index in [1.165, 1.54) is 12.1 Å². The van der Waals surface area contributed by atoms with Crippen LogP contribution in [0.2, 0.25) is 5.02 Å². The smallest absolute Gasteiger partial charge is 0.191 e. The van der Waals surface area contributed by atoms with Crippen molar-refractivity contribution in [3.8, 4) is 0 Å². The van der Waals surface area contributed by atoms with Crippen molar-refractivity contribution in [2.45, 2.75) is 19.4 Å². The largest absolute Gasteiger partial charge is 0.386 e. The first-order valence-corrected chi connectivity index (χ1v) is 8.66. The second-order valence-electron chi connectivity index (χ2n) is 5.59. The van der Waals surface area contributed by atoms with E-state index in [9.17, 15) is 9.50 Å². The van der Waals surface area contributed by atoms with E-state index in [4.69, 9.17) is 11.6 Å². The Morgan fingerprint density at radius 2 is 1.77 bits per heavy atom. The zero-order valence-electron chi connectivity index (χ0n) is 14.6. The molecule has 0 spiro atoms. The van der Waals surface area contributed by atoms with Gasteiger partial charge in [0.05, 0.1) is 12.6 Å². The Labute approximate surface area is 175 Å². The average molecular weight is 492 g/mol. The first-order valence-electron chi connectivity index (χ1n) is 8.28. The van der Waals surface area contributed by atoms with Gasteiger partial charge in [-0.2, -0.15) is 0 Å². The molecule has 2 aromatic rings. The molecule has 7 heteroatoms. The van der Waals surface area contributed by atoms with Crippen LogP contribution in [0, 0.1) is 5.82 Å². The van der Waals surface area contributed by atoms with Gasteiger partial charge >= 0.3 is 0 Å². The fourth-order valence-electron chi connectivity index (χ4n) is 2.29. The number of halogens is 3. The van der Waals surface area contributed by atoms with Gasteiger partial charge in [-0.25, -0.2) is 4.39 Å². The predicted octanol–water partition coefficient (Wildman–Crippen LogP) is 3.93. The molecule has 142 valence electrons. The molecular weight excluding hydrogens is 468 g/mol. The minimum Gasteiger partial charge on any atom is -0.386 e. The lowest BCUT2D eigenvalue weighted by Crippen LogP contribution is -2.38. The third-order valence-electron chi connectivity index (χ3n) is 3.64. The fourth-order valence-corrected chi connectivity index (χ4v) is 2.41. The lowest BCUT2D eigenvalue weighted by Gasteiger charge is -2.13. The summed E-state index contributed by atoms with van der Waals surface area (Å²) < 4.78 is 12.9. The van der Waals surface area contributed by atoms with E-state index in [1.807, 2.05) is 6.92 Å². The number of rotatable bonds is 7. The molecule has 26 heavy (non-hydrogen) atoms. The molecule has 2 rings (SSSR count). The number of aliphatic hydroxyl groups is 1. The summed E-state index contributed by atoms with van der Waals surface area (Å²) in [6.45, 7) is 3.61. The van der Waals surface area contributed by atoms with Crippen molar-refractivity contribution >= 4 is 41.5 Å². The molecule has 0 fully saturated rings. The standard InChI is InChI=1S/C19H23ClFN3O.HI/c1-2-22-19(23-12-11-14-3-9-17(21)10-4-14)24-13-18(25)15-5-7-16(20)8-6-15;/h3-10,18,25H,2,11-13H2,1H3,(H2,22,23,24);1H. The van der Waals surface area contributed by atoms with Gasteiger partial charge in [-0.1, -0.05) is 35.9 Å². The first kappa shape index (κ1) is 22.7. The maximum absolute atomic E-state index is 12.9. The van der Waals surface area contributed by atoms with Crippen LogP contribution in [0.3, 0.4) is 0 Å². The van der Waals surface area contributed by atoms with Gasteiger partial charge in [0.1, 0.15) is 5.82 Å². The van der Waals surface area contributed by atoms with E-state index in [2.05, 4.69) is 15.6 Å². The Morgan fingerprint density at radius 1 is 1.12 bits per heavy atom. The summed E-state index contributed by atoms with van der Waals surface area (Å²) in [5, 5.41) is 17.2. The number of nitrogens with zero attached hydrogens (tertiary/aromatic N) is 1. The van der Waals surface area contributed by atoms with Gasteiger partial charge in [-0.3, -0.25) is 4.99 Å². The fraction of sp³-hybridized carbons (Fsp3) is 0.316. The zero-order chi connectivity index (χ0) is 18.1. The van der Waals surface area contributed by atoms with Crippen LogP contribution < -0.4 is 10.6 Å². The summed E-state index contributed by atoms with van der Waals surface area (Å²) in [7, 11) is 0. The molecule has 3 N–H and O–H groups in total. The summed E-state index contributed by atoms with van der Waals surface area (Å²) in [6, 6.07) is 13.5. The third kappa shape index (κ3) is 7.88. The molecule has 2 aromatic carbocycles. The van der Waals surface area contributed by atoms with Crippen molar-refractivity contribution in [3.05, 3.63) is 70.5 Å². The summed E-state index contributed by atoms with van der Waals surface area (Å²) in [5.41, 5.74) is 1.82. The molecule has 1 atom stereocenters. The van der Waals surface area contributed by atoms with Gasteiger partial charge in [-0.05, 0) is 48.7 Å². The number of aliphatic hydroxyl groups excluding tert-OH is 1. The van der Waals surface area contributed by atoms with Crippen molar-refractivity contribution in [1.82, 2.24) is 10.6 Å². The molecule has 0 saturated heterocycles. The van der Waals surface area contributed by atoms with Gasteiger partial charge in [0.2, 0.25) is 0 Å². The van der Waals surface area contributed by atoms with Gasteiger partial charge in [0.15, 0.2) is 5.96 Å². The summed E-state index contributed by atoms with van der Waals surface area (Å²) in [5.74, 6) is 0.403. The van der Waals surface area contributed by atoms with Gasteiger partial charge in [0.25, 0.3) is 0 Å². The highest BCUT2D eigenvalue weighted by Crippen LogP contribution is 2.16. The minimum absolute atomic E-state index is 0. The summed E-state index contributed by atoms with van der Waals surface area (Å²) >= 11 is 5.85. The maximum atomic E-state index is 12.9. The zero-order valence-corrected chi connectivity index (χ0v) is 17.7. The molecule has 0 aliphatic rings. The lowest BCUT2D eigenvalue weighted by atomic mass is 10.1. The molecule has 0 aliphatic heterocycles. The van der Waals surface area contributed by atoms with Crippen molar-refractivity contribution in [3.63, 3.8) is 0 Å². The van der Waals surface area contributed by atoms with Crippen LogP contribution in [0.1, 0.15) is 24.2 Å². The summed E-state index contributed by atoms with van der Waals surface area (Å²) in [4.78, 5) is 4.41. The Balaban J connectivity index is 0.00000338. The quantitative estimate of drug-likeness (QED) is 0.313. The van der Waals surface area contributed by atoms with Gasteiger partial charge in [-0.15, -0.1) is 24.0 Å². The topological polar surface area (TPSA) is 56.7 Å². The molecule has 0 aliphatic carbocycles. The van der Waals surface area contributed by atoms with E-state index in [0.717, 1.165) is 24.1 Å². The monoisotopic (exact) mass is 491 g/mol. The Hall–Kier alpha value is -1.38. The van der Waals surface area contributed by atoms with Crippen molar-refractivity contribution in [2.75, 3.05) is 19.6 Å². The van der Waals surface area contributed by atoms with Crippen LogP contribution in [0.15, 0.2) is 53.5 Å². The van der Waals surface area contributed by atoms with E-state index < -0.39 is 6.10 Å². The second kappa shape index (κ2) is 12.1. The highest BCUT2D eigenvalue weighted by Gasteiger charge is 2.07. The van der Waals surface area contributed by atoms with Crippen LogP contribution in [-0.4, -0.2) is 30.7 Å². The number of hydrogen-bond acceptors (Lipinski definition) is 2. The number of nitrogens with one attached hydrogen (secondary N) is 2. The molecular formula is C19H24ClFIN3O. The average Bonchev–Trinajstić information content (AvgIpc) is 2.61. The summed E-state index contributed by atoms with van der Waals surface area (Å²) in [6.07, 6.45) is 0.0644. The third-order valence-corrected chi connectivity index (χ3v) is 3.89. The highest BCUT2D eigenvalue weighted by atomic mass is 127. The van der Waals surface area contributed by atoms with Crippen LogP contribution >= 0.6 is 35.6 Å². The normalized spacial score (nSPS) is 12.2. The van der Waals surface area contributed by atoms with Crippen LogP contribution in [-0.2, 0) is 6.42 Å². The minimum atomic E-state index is -0.690. The van der Waals surface area contributed by atoms with Crippen LogP contribution in [0.4, 0.5) is 4.39 Å². The Morgan fingerprint density at radius 3 is 2.38 bits per heavy atom. The van der Waals surface area contributed by atoms with E-state index in [0.29, 0.717) is 17.5 Å². The molecule has 0 saturated carbocycles. The molecule has 0 heterocycles. The molecule has 1 unspecified atom stereocenters. The van der Waals surface area contributed by atoms with E-state index >= 15 is 0 Å². The molecule has 4 nitrogen and oxygen atoms in total. The molecule has 0 bridgehead atoms. The molecule has 0 amide bonds. The SMILES string of the molecule is CCNC(=NCC(O)c1ccc(Cl)cc1)NCCc1ccc(F)cc1.I. The van der Waals surface area contributed by atoms with Crippen molar-refractivity contribution in [1.29, 1.82) is 0 Å². The Kier molecular flexibility index (Phi) is 10.5. The second-order valence-corrected chi connectivity index (χ2v) is 6.03. The Bertz CT molecular complexity index is 680. The number of guanidine groups is 1. The van der Waals surface area contributed by atoms with Gasteiger partial charge < -0.3 is 15.7 Å². The predicted molar refractivity (Wildman–Crippen MR) is 116 cm³/mol. The van der Waals surface area contributed by atoms with Crippen LogP contribution in [0.5, 0.6) is 0 Å². The highest BCUT2D eigenvalue weighted by molar-refractivity contribution is 14.0. The molecule has 0 aromatic heterocycles. The number of aliphatic imine (C=N–C) groups is 1.